The van der Waals surface area contributed by atoms with Gasteiger partial charge < -0.3 is 9.84 Å². The quantitative estimate of drug-likeness (QED) is 0.729. The Labute approximate surface area is 84.7 Å². The van der Waals surface area contributed by atoms with Crippen molar-refractivity contribution in [3.63, 3.8) is 0 Å². The molecule has 14 heavy (non-hydrogen) atoms. The first-order chi connectivity index (χ1) is 6.74. The molecule has 1 aromatic rings. The highest BCUT2D eigenvalue weighted by Gasteiger charge is 2.07. The number of aliphatic hydroxyl groups is 1. The van der Waals surface area contributed by atoms with E-state index in [-0.39, 0.29) is 0 Å². The van der Waals surface area contributed by atoms with Gasteiger partial charge in [0.25, 0.3) is 0 Å². The predicted octanol–water partition coefficient (Wildman–Crippen LogP) is 1.85. The molecule has 0 saturated heterocycles. The van der Waals surface area contributed by atoms with Gasteiger partial charge in [0.2, 0.25) is 0 Å². The molecule has 0 saturated carbocycles. The highest BCUT2D eigenvalue weighted by Crippen LogP contribution is 2.12. The third kappa shape index (κ3) is 3.44. The summed E-state index contributed by atoms with van der Waals surface area (Å²) >= 11 is 0. The molecule has 0 aromatic carbocycles. The van der Waals surface area contributed by atoms with Gasteiger partial charge in [-0.1, -0.05) is 6.92 Å². The Morgan fingerprint density at radius 1 is 1.57 bits per heavy atom. The highest BCUT2D eigenvalue weighted by atomic mass is 16.5. The van der Waals surface area contributed by atoms with E-state index in [0.29, 0.717) is 13.2 Å². The van der Waals surface area contributed by atoms with E-state index < -0.39 is 6.10 Å². The number of pyridine rings is 1. The first-order valence-electron chi connectivity index (χ1n) is 4.92. The van der Waals surface area contributed by atoms with Crippen molar-refractivity contribution >= 4 is 0 Å². The first-order valence-corrected chi connectivity index (χ1v) is 4.92. The Morgan fingerprint density at radius 3 is 3.00 bits per heavy atom. The van der Waals surface area contributed by atoms with Crippen LogP contribution in [0, 0.1) is 6.92 Å². The average Bonchev–Trinajstić information content (AvgIpc) is 2.18. The standard InChI is InChI=1S/C11H17NO2/c1-3-6-14-8-11(13)10-4-5-12-9(2)7-10/h4-5,7,11,13H,3,6,8H2,1-2H3. The number of aryl methyl sites for hydroxylation is 1. The highest BCUT2D eigenvalue weighted by molar-refractivity contribution is 5.17. The summed E-state index contributed by atoms with van der Waals surface area (Å²) in [6.45, 7) is 5.00. The van der Waals surface area contributed by atoms with Gasteiger partial charge >= 0.3 is 0 Å². The second-order valence-corrected chi connectivity index (χ2v) is 3.32. The van der Waals surface area contributed by atoms with Crippen molar-refractivity contribution < 1.29 is 9.84 Å². The van der Waals surface area contributed by atoms with Crippen molar-refractivity contribution in [2.24, 2.45) is 0 Å². The second-order valence-electron chi connectivity index (χ2n) is 3.32. The maximum atomic E-state index is 9.72. The maximum absolute atomic E-state index is 9.72. The summed E-state index contributed by atoms with van der Waals surface area (Å²) in [5, 5.41) is 9.72. The minimum Gasteiger partial charge on any atom is -0.386 e. The Hall–Kier alpha value is -0.930. The van der Waals surface area contributed by atoms with E-state index in [0.717, 1.165) is 17.7 Å². The van der Waals surface area contributed by atoms with Crippen molar-refractivity contribution in [3.05, 3.63) is 29.6 Å². The van der Waals surface area contributed by atoms with Crippen LogP contribution in [0.25, 0.3) is 0 Å². The number of aromatic nitrogens is 1. The summed E-state index contributed by atoms with van der Waals surface area (Å²) in [6, 6.07) is 3.69. The van der Waals surface area contributed by atoms with Crippen molar-refractivity contribution in [3.8, 4) is 0 Å². The molecule has 0 aliphatic carbocycles. The summed E-state index contributed by atoms with van der Waals surface area (Å²) in [7, 11) is 0. The Morgan fingerprint density at radius 2 is 2.36 bits per heavy atom. The molecule has 0 spiro atoms. The Kier molecular flexibility index (Phi) is 4.56. The zero-order valence-electron chi connectivity index (χ0n) is 8.73. The van der Waals surface area contributed by atoms with Crippen molar-refractivity contribution in [2.45, 2.75) is 26.4 Å². The minimum absolute atomic E-state index is 0.358. The zero-order valence-corrected chi connectivity index (χ0v) is 8.73. The van der Waals surface area contributed by atoms with E-state index in [4.69, 9.17) is 4.74 Å². The molecule has 0 bridgehead atoms. The fourth-order valence-corrected chi connectivity index (χ4v) is 1.21. The number of rotatable bonds is 5. The molecule has 0 radical (unpaired) electrons. The number of hydrogen-bond donors (Lipinski definition) is 1. The van der Waals surface area contributed by atoms with Gasteiger partial charge in [-0.05, 0) is 31.0 Å². The van der Waals surface area contributed by atoms with E-state index in [1.165, 1.54) is 0 Å². The summed E-state index contributed by atoms with van der Waals surface area (Å²) in [6.07, 6.45) is 2.14. The van der Waals surface area contributed by atoms with Gasteiger partial charge in [0.05, 0.1) is 6.61 Å². The first kappa shape index (κ1) is 11.1. The van der Waals surface area contributed by atoms with Crippen LogP contribution in [0.4, 0.5) is 0 Å². The van der Waals surface area contributed by atoms with E-state index in [9.17, 15) is 5.11 Å². The lowest BCUT2D eigenvalue weighted by atomic mass is 10.1. The van der Waals surface area contributed by atoms with Gasteiger partial charge in [0, 0.05) is 18.5 Å². The summed E-state index contributed by atoms with van der Waals surface area (Å²) in [5.41, 5.74) is 1.78. The molecule has 1 heterocycles. The summed E-state index contributed by atoms with van der Waals surface area (Å²) in [4.78, 5) is 4.07. The third-order valence-corrected chi connectivity index (χ3v) is 1.93. The Bertz CT molecular complexity index is 276. The van der Waals surface area contributed by atoms with Crippen LogP contribution in [0.5, 0.6) is 0 Å². The molecule has 1 aromatic heterocycles. The molecule has 3 heteroatoms. The summed E-state index contributed by atoms with van der Waals surface area (Å²) in [5.74, 6) is 0. The van der Waals surface area contributed by atoms with Gasteiger partial charge in [0.1, 0.15) is 6.10 Å². The topological polar surface area (TPSA) is 42.4 Å². The smallest absolute Gasteiger partial charge is 0.102 e. The molecule has 1 rings (SSSR count). The lowest BCUT2D eigenvalue weighted by molar-refractivity contribution is 0.0363. The minimum atomic E-state index is -0.539. The fraction of sp³-hybridized carbons (Fsp3) is 0.545. The number of nitrogens with zero attached hydrogens (tertiary/aromatic N) is 1. The summed E-state index contributed by atoms with van der Waals surface area (Å²) < 4.78 is 5.27. The molecular formula is C11H17NO2. The second kappa shape index (κ2) is 5.73. The van der Waals surface area contributed by atoms with Gasteiger partial charge in [0.15, 0.2) is 0 Å². The average molecular weight is 195 g/mol. The monoisotopic (exact) mass is 195 g/mol. The van der Waals surface area contributed by atoms with E-state index in [1.807, 2.05) is 26.0 Å². The maximum Gasteiger partial charge on any atom is 0.102 e. The van der Waals surface area contributed by atoms with Gasteiger partial charge in [-0.2, -0.15) is 0 Å². The van der Waals surface area contributed by atoms with Crippen LogP contribution in [0.1, 0.15) is 30.7 Å². The molecule has 1 N–H and O–H groups in total. The van der Waals surface area contributed by atoms with E-state index in [1.54, 1.807) is 6.20 Å². The van der Waals surface area contributed by atoms with Gasteiger partial charge in [-0.15, -0.1) is 0 Å². The van der Waals surface area contributed by atoms with Crippen LogP contribution >= 0.6 is 0 Å². The number of ether oxygens (including phenoxy) is 1. The lowest BCUT2D eigenvalue weighted by Gasteiger charge is -2.11. The fourth-order valence-electron chi connectivity index (χ4n) is 1.21. The Balaban J connectivity index is 2.47. The van der Waals surface area contributed by atoms with E-state index in [2.05, 4.69) is 4.98 Å². The molecule has 78 valence electrons. The number of hydrogen-bond acceptors (Lipinski definition) is 3. The SMILES string of the molecule is CCCOCC(O)c1ccnc(C)c1. The van der Waals surface area contributed by atoms with Crippen molar-refractivity contribution in [2.75, 3.05) is 13.2 Å². The molecule has 1 unspecified atom stereocenters. The largest absolute Gasteiger partial charge is 0.386 e. The van der Waals surface area contributed by atoms with Gasteiger partial charge in [-0.3, -0.25) is 4.98 Å². The van der Waals surface area contributed by atoms with Crippen LogP contribution < -0.4 is 0 Å². The third-order valence-electron chi connectivity index (χ3n) is 1.93. The molecular weight excluding hydrogens is 178 g/mol. The molecule has 0 aliphatic heterocycles. The van der Waals surface area contributed by atoms with Crippen molar-refractivity contribution in [1.29, 1.82) is 0 Å². The van der Waals surface area contributed by atoms with Crippen LogP contribution in [0.3, 0.4) is 0 Å². The van der Waals surface area contributed by atoms with Crippen molar-refractivity contribution in [1.82, 2.24) is 4.98 Å². The molecule has 0 fully saturated rings. The van der Waals surface area contributed by atoms with Crippen LogP contribution in [-0.2, 0) is 4.74 Å². The molecule has 3 nitrogen and oxygen atoms in total. The van der Waals surface area contributed by atoms with E-state index >= 15 is 0 Å². The molecule has 0 aliphatic rings. The molecule has 0 amide bonds. The molecule has 1 atom stereocenters. The number of aliphatic hydroxyl groups excluding tert-OH is 1. The zero-order chi connectivity index (χ0) is 10.4. The van der Waals surface area contributed by atoms with Gasteiger partial charge in [-0.25, -0.2) is 0 Å². The van der Waals surface area contributed by atoms with Crippen LogP contribution in [0.15, 0.2) is 18.3 Å². The van der Waals surface area contributed by atoms with Crippen LogP contribution in [-0.4, -0.2) is 23.3 Å². The normalized spacial score (nSPS) is 12.8. The lowest BCUT2D eigenvalue weighted by Crippen LogP contribution is -2.08. The van der Waals surface area contributed by atoms with Crippen LogP contribution in [0.2, 0.25) is 0 Å². The predicted molar refractivity (Wildman–Crippen MR) is 55.0 cm³/mol.